The molecule has 1 aliphatic rings. The number of rotatable bonds is 6. The fourth-order valence-corrected chi connectivity index (χ4v) is 3.94. The monoisotopic (exact) mass is 424 g/mol. The van der Waals surface area contributed by atoms with Gasteiger partial charge < -0.3 is 25.2 Å². The number of fused-ring (bicyclic) bond motifs is 1. The lowest BCUT2D eigenvalue weighted by atomic mass is 9.76. The molecule has 3 rings (SSSR count). The van der Waals surface area contributed by atoms with Crippen LogP contribution in [0.15, 0.2) is 48.6 Å². The second kappa shape index (κ2) is 8.38. The number of Topliss-reactive ketones (excluding diaryl/α,β-unsaturated/α-hetero) is 1. The second-order valence-corrected chi connectivity index (χ2v) is 8.42. The molecule has 2 aromatic carbocycles. The number of carbonyl (C=O) groups excluding carboxylic acids is 1. The van der Waals surface area contributed by atoms with Gasteiger partial charge in [-0.1, -0.05) is 30.7 Å². The lowest BCUT2D eigenvalue weighted by Gasteiger charge is -2.32. The van der Waals surface area contributed by atoms with Gasteiger partial charge >= 0.3 is 0 Å². The van der Waals surface area contributed by atoms with Gasteiger partial charge in [0.2, 0.25) is 0 Å². The molecule has 0 radical (unpaired) electrons. The number of hydrogen-bond acceptors (Lipinski definition) is 6. The lowest BCUT2D eigenvalue weighted by Crippen LogP contribution is -2.24. The predicted molar refractivity (Wildman–Crippen MR) is 118 cm³/mol. The van der Waals surface area contributed by atoms with Crippen LogP contribution in [0.3, 0.4) is 0 Å². The third-order valence-corrected chi connectivity index (χ3v) is 5.77. The van der Waals surface area contributed by atoms with Crippen LogP contribution in [0.25, 0.3) is 0 Å². The molecule has 2 aromatic rings. The fraction of sp³-hybridized carbons (Fsp3) is 0.320. The van der Waals surface area contributed by atoms with Crippen molar-refractivity contribution >= 4 is 5.78 Å². The molecule has 0 aliphatic carbocycles. The van der Waals surface area contributed by atoms with Gasteiger partial charge in [0.25, 0.3) is 0 Å². The minimum atomic E-state index is -0.755. The first-order valence-electron chi connectivity index (χ1n) is 10.2. The summed E-state index contributed by atoms with van der Waals surface area (Å²) in [5.41, 5.74) is 1.19. The highest BCUT2D eigenvalue weighted by Gasteiger charge is 2.37. The molecule has 164 valence electrons. The molecule has 1 heterocycles. The van der Waals surface area contributed by atoms with Gasteiger partial charge in [-0.05, 0) is 44.4 Å². The van der Waals surface area contributed by atoms with Crippen molar-refractivity contribution in [2.24, 2.45) is 0 Å². The molecule has 1 unspecified atom stereocenters. The van der Waals surface area contributed by atoms with E-state index in [1.165, 1.54) is 23.8 Å². The summed E-state index contributed by atoms with van der Waals surface area (Å²) in [6.45, 7) is 9.74. The maximum absolute atomic E-state index is 13.0. The van der Waals surface area contributed by atoms with Gasteiger partial charge in [0.15, 0.2) is 17.3 Å². The Labute approximate surface area is 181 Å². The average molecular weight is 424 g/mol. The molecule has 0 aromatic heterocycles. The van der Waals surface area contributed by atoms with E-state index in [0.29, 0.717) is 12.0 Å². The van der Waals surface area contributed by atoms with E-state index < -0.39 is 11.5 Å². The SMILES string of the molecule is C=CC(C)(CCC=C(C)C)c1c(O)cc2c(c1O)C(=O)C[C@@H](c1ccc(O)c(O)c1)O2. The number of hydrogen-bond donors (Lipinski definition) is 4. The van der Waals surface area contributed by atoms with Gasteiger partial charge in [-0.3, -0.25) is 4.79 Å². The summed E-state index contributed by atoms with van der Waals surface area (Å²) in [6.07, 6.45) is 4.27. The summed E-state index contributed by atoms with van der Waals surface area (Å²) >= 11 is 0. The summed E-state index contributed by atoms with van der Waals surface area (Å²) in [5, 5.41) is 41.0. The molecule has 31 heavy (non-hydrogen) atoms. The minimum Gasteiger partial charge on any atom is -0.507 e. The van der Waals surface area contributed by atoms with Crippen LogP contribution in [0, 0.1) is 0 Å². The van der Waals surface area contributed by atoms with Crippen molar-refractivity contribution in [1.29, 1.82) is 0 Å². The molecular weight excluding hydrogens is 396 g/mol. The zero-order chi connectivity index (χ0) is 22.9. The van der Waals surface area contributed by atoms with Gasteiger partial charge in [-0.25, -0.2) is 0 Å². The largest absolute Gasteiger partial charge is 0.507 e. The van der Waals surface area contributed by atoms with Gasteiger partial charge in [0.05, 0.1) is 6.42 Å². The molecule has 4 N–H and O–H groups in total. The van der Waals surface area contributed by atoms with Crippen LogP contribution < -0.4 is 4.74 Å². The third kappa shape index (κ3) is 4.24. The van der Waals surface area contributed by atoms with E-state index in [9.17, 15) is 25.2 Å². The molecule has 6 heteroatoms. The van der Waals surface area contributed by atoms with Crippen molar-refractivity contribution in [3.63, 3.8) is 0 Å². The Morgan fingerprint density at radius 3 is 2.48 bits per heavy atom. The Hall–Kier alpha value is -3.41. The van der Waals surface area contributed by atoms with Crippen LogP contribution in [-0.2, 0) is 5.41 Å². The number of ether oxygens (including phenoxy) is 1. The van der Waals surface area contributed by atoms with Gasteiger partial charge in [-0.15, -0.1) is 6.58 Å². The molecule has 6 nitrogen and oxygen atoms in total. The summed E-state index contributed by atoms with van der Waals surface area (Å²) in [6, 6.07) is 5.53. The maximum Gasteiger partial charge on any atom is 0.174 e. The highest BCUT2D eigenvalue weighted by atomic mass is 16.5. The first kappa shape index (κ1) is 22.3. The number of benzene rings is 2. The third-order valence-electron chi connectivity index (χ3n) is 5.77. The number of phenols is 4. The molecule has 0 fully saturated rings. The molecule has 2 atom stereocenters. The van der Waals surface area contributed by atoms with E-state index in [1.807, 2.05) is 20.8 Å². The van der Waals surface area contributed by atoms with E-state index >= 15 is 0 Å². The van der Waals surface area contributed by atoms with E-state index in [1.54, 1.807) is 12.1 Å². The van der Waals surface area contributed by atoms with Crippen molar-refractivity contribution in [2.75, 3.05) is 0 Å². The number of carbonyl (C=O) groups is 1. The number of allylic oxidation sites excluding steroid dienone is 3. The van der Waals surface area contributed by atoms with E-state index in [2.05, 4.69) is 12.7 Å². The first-order chi connectivity index (χ1) is 14.6. The van der Waals surface area contributed by atoms with E-state index in [-0.39, 0.29) is 52.1 Å². The van der Waals surface area contributed by atoms with Gasteiger partial charge in [-0.2, -0.15) is 0 Å². The zero-order valence-corrected chi connectivity index (χ0v) is 18.0. The van der Waals surface area contributed by atoms with Crippen LogP contribution in [0.2, 0.25) is 0 Å². The van der Waals surface area contributed by atoms with Crippen LogP contribution in [0.1, 0.15) is 67.6 Å². The summed E-state index contributed by atoms with van der Waals surface area (Å²) < 4.78 is 5.89. The molecule has 0 spiro atoms. The molecule has 0 saturated heterocycles. The summed E-state index contributed by atoms with van der Waals surface area (Å²) in [5.74, 6) is -1.34. The van der Waals surface area contributed by atoms with Crippen LogP contribution >= 0.6 is 0 Å². The minimum absolute atomic E-state index is 0.0299. The van der Waals surface area contributed by atoms with Crippen LogP contribution in [0.5, 0.6) is 28.7 Å². The molecule has 0 bridgehead atoms. The van der Waals surface area contributed by atoms with Gasteiger partial charge in [0.1, 0.15) is 28.9 Å². The van der Waals surface area contributed by atoms with E-state index in [0.717, 1.165) is 6.42 Å². The number of ketones is 1. The predicted octanol–water partition coefficient (Wildman–Crippen LogP) is 5.41. The summed E-state index contributed by atoms with van der Waals surface area (Å²) in [7, 11) is 0. The second-order valence-electron chi connectivity index (χ2n) is 8.42. The summed E-state index contributed by atoms with van der Waals surface area (Å²) in [4.78, 5) is 13.0. The molecule has 0 saturated carbocycles. The van der Waals surface area contributed by atoms with Gasteiger partial charge in [0, 0.05) is 17.0 Å². The quantitative estimate of drug-likeness (QED) is 0.365. The average Bonchev–Trinajstić information content (AvgIpc) is 2.69. The van der Waals surface area contributed by atoms with Crippen LogP contribution in [0.4, 0.5) is 0 Å². The van der Waals surface area contributed by atoms with Crippen molar-refractivity contribution in [3.05, 3.63) is 65.3 Å². The highest BCUT2D eigenvalue weighted by molar-refractivity contribution is 6.03. The lowest BCUT2D eigenvalue weighted by molar-refractivity contribution is 0.0843. The Bertz CT molecular complexity index is 1060. The topological polar surface area (TPSA) is 107 Å². The zero-order valence-electron chi connectivity index (χ0n) is 18.0. The van der Waals surface area contributed by atoms with Crippen LogP contribution in [-0.4, -0.2) is 26.2 Å². The van der Waals surface area contributed by atoms with Crippen molar-refractivity contribution in [1.82, 2.24) is 0 Å². The standard InChI is InChI=1S/C25H28O6/c1-5-25(4,10-6-7-14(2)3)23-19(29)13-21-22(24(23)30)18(28)12-20(31-21)15-8-9-16(26)17(27)11-15/h5,7-9,11,13,20,26-27,29-30H,1,6,10,12H2,2-4H3/t20-,25?/m0/s1. The number of phenolic OH excluding ortho intramolecular Hbond substituents is 4. The normalized spacial score (nSPS) is 17.3. The molecule has 1 aliphatic heterocycles. The van der Waals surface area contributed by atoms with Crippen molar-refractivity contribution < 1.29 is 30.0 Å². The van der Waals surface area contributed by atoms with Crippen molar-refractivity contribution in [3.8, 4) is 28.7 Å². The number of aromatic hydroxyl groups is 4. The Morgan fingerprint density at radius 1 is 1.16 bits per heavy atom. The smallest absolute Gasteiger partial charge is 0.174 e. The van der Waals surface area contributed by atoms with Crippen molar-refractivity contribution in [2.45, 2.75) is 51.6 Å². The maximum atomic E-state index is 13.0. The highest BCUT2D eigenvalue weighted by Crippen LogP contribution is 2.50. The molecule has 0 amide bonds. The molecular formula is C25H28O6. The first-order valence-corrected chi connectivity index (χ1v) is 10.2. The Balaban J connectivity index is 2.02. The van der Waals surface area contributed by atoms with E-state index in [4.69, 9.17) is 4.74 Å². The Kier molecular flexibility index (Phi) is 6.02. The fourth-order valence-electron chi connectivity index (χ4n) is 3.94. The Morgan fingerprint density at radius 2 is 1.87 bits per heavy atom.